The summed E-state index contributed by atoms with van der Waals surface area (Å²) in [6.07, 6.45) is 4.06. The number of carbonyl (C=O) groups excluding carboxylic acids is 4. The van der Waals surface area contributed by atoms with Gasteiger partial charge in [0.15, 0.2) is 11.6 Å². The molecule has 2 aliphatic heterocycles. The summed E-state index contributed by atoms with van der Waals surface area (Å²) in [6.45, 7) is 4.81. The van der Waals surface area contributed by atoms with Crippen LogP contribution in [0.15, 0.2) is 65.6 Å². The molecule has 3 aromatic carbocycles. The largest absolute Gasteiger partial charge is 0.492 e. The number of esters is 3. The van der Waals surface area contributed by atoms with Crippen molar-refractivity contribution in [1.82, 2.24) is 14.8 Å². The average Bonchev–Trinajstić information content (AvgIpc) is 3.96. The average molecular weight is 815 g/mol. The molecule has 15 heteroatoms. The topological polar surface area (TPSA) is 146 Å². The highest BCUT2D eigenvalue weighted by Crippen LogP contribution is 2.44. The second-order valence-electron chi connectivity index (χ2n) is 15.3. The Morgan fingerprint density at radius 3 is 2.44 bits per heavy atom. The van der Waals surface area contributed by atoms with Gasteiger partial charge in [0.05, 0.1) is 30.5 Å². The van der Waals surface area contributed by atoms with Crippen molar-refractivity contribution in [1.29, 1.82) is 0 Å². The highest BCUT2D eigenvalue weighted by molar-refractivity contribution is 5.98. The number of methoxy groups -OCH3 is 1. The van der Waals surface area contributed by atoms with E-state index in [0.717, 1.165) is 24.5 Å². The third-order valence-corrected chi connectivity index (χ3v) is 11.2. The Labute approximate surface area is 340 Å². The lowest BCUT2D eigenvalue weighted by Gasteiger charge is -2.35. The Morgan fingerprint density at radius 2 is 1.73 bits per heavy atom. The van der Waals surface area contributed by atoms with Gasteiger partial charge in [0.1, 0.15) is 23.1 Å². The van der Waals surface area contributed by atoms with Gasteiger partial charge in [-0.15, -0.1) is 0 Å². The Kier molecular flexibility index (Phi) is 12.6. The summed E-state index contributed by atoms with van der Waals surface area (Å²) in [4.78, 5) is 69.2. The van der Waals surface area contributed by atoms with Crippen LogP contribution in [-0.2, 0) is 28.6 Å². The standard InChI is InChI=1S/C44H48F2N4O9/c1-26-23-48(19-17-47-26)39-35(46)22-32-38(41(39)56-3)50(30-14-15-30)24-33(40(32)52)43(54)58-25-59-44(55)36-11-7-18-49(36)37(51)12-8-20-57-42(53)27(2)29-13-16-31(34(45)21-29)28-9-5-4-6-10-28/h4-6,9-10,13,16,21-22,24,26-27,30,36,47H,7-8,11-12,14-15,17-20,23,25H2,1-3H3. The molecule has 0 radical (unpaired) electrons. The maximum absolute atomic E-state index is 15.8. The number of carbonyl (C=O) groups is 4. The first-order chi connectivity index (χ1) is 28.5. The molecular weight excluding hydrogens is 766 g/mol. The first-order valence-electron chi connectivity index (χ1n) is 20.0. The predicted octanol–water partition coefficient (Wildman–Crippen LogP) is 5.86. The molecule has 1 N–H and O–H groups in total. The first-order valence-corrected chi connectivity index (χ1v) is 20.0. The number of amides is 1. The van der Waals surface area contributed by atoms with Gasteiger partial charge in [-0.2, -0.15) is 0 Å². The van der Waals surface area contributed by atoms with Crippen LogP contribution in [0.1, 0.15) is 80.3 Å². The van der Waals surface area contributed by atoms with E-state index in [-0.39, 0.29) is 59.8 Å². The van der Waals surface area contributed by atoms with Crippen molar-refractivity contribution >= 4 is 40.4 Å². The molecule has 3 aliphatic rings. The number of fused-ring (bicyclic) bond motifs is 1. The van der Waals surface area contributed by atoms with E-state index < -0.39 is 53.7 Å². The Balaban J connectivity index is 0.918. The molecule has 312 valence electrons. The summed E-state index contributed by atoms with van der Waals surface area (Å²) in [6, 6.07) is 14.0. The lowest BCUT2D eigenvalue weighted by atomic mass is 9.97. The molecule has 3 atom stereocenters. The Bertz CT molecular complexity index is 2300. The van der Waals surface area contributed by atoms with Crippen LogP contribution in [0.5, 0.6) is 5.75 Å². The van der Waals surface area contributed by atoms with Crippen LogP contribution in [0.25, 0.3) is 22.0 Å². The van der Waals surface area contributed by atoms with E-state index >= 15 is 4.39 Å². The van der Waals surface area contributed by atoms with Crippen LogP contribution < -0.4 is 20.4 Å². The molecule has 3 unspecified atom stereocenters. The van der Waals surface area contributed by atoms with Crippen LogP contribution in [0.4, 0.5) is 14.5 Å². The van der Waals surface area contributed by atoms with Gasteiger partial charge in [0, 0.05) is 56.4 Å². The lowest BCUT2D eigenvalue weighted by Crippen LogP contribution is -2.49. The molecule has 1 aromatic heterocycles. The van der Waals surface area contributed by atoms with E-state index in [9.17, 15) is 28.4 Å². The molecule has 4 aromatic rings. The number of likely N-dealkylation sites (tertiary alicyclic amines) is 1. The zero-order chi connectivity index (χ0) is 41.8. The number of rotatable bonds is 14. The summed E-state index contributed by atoms with van der Waals surface area (Å²) >= 11 is 0. The van der Waals surface area contributed by atoms with Crippen LogP contribution in [0.2, 0.25) is 0 Å². The van der Waals surface area contributed by atoms with Gasteiger partial charge >= 0.3 is 17.9 Å². The number of hydrogen-bond acceptors (Lipinski definition) is 11. The minimum absolute atomic E-state index is 0.00268. The second kappa shape index (κ2) is 18.0. The van der Waals surface area contributed by atoms with Gasteiger partial charge in [-0.25, -0.2) is 18.4 Å². The zero-order valence-electron chi connectivity index (χ0n) is 33.3. The predicted molar refractivity (Wildman–Crippen MR) is 214 cm³/mol. The normalized spacial score (nSPS) is 18.4. The van der Waals surface area contributed by atoms with Gasteiger partial charge in [-0.05, 0) is 69.2 Å². The fourth-order valence-electron chi connectivity index (χ4n) is 7.93. The lowest BCUT2D eigenvalue weighted by molar-refractivity contribution is -0.160. The van der Waals surface area contributed by atoms with Crippen molar-refractivity contribution in [2.45, 2.75) is 76.4 Å². The van der Waals surface area contributed by atoms with Crippen molar-refractivity contribution in [2.75, 3.05) is 51.6 Å². The van der Waals surface area contributed by atoms with Gasteiger partial charge < -0.3 is 38.6 Å². The number of piperazine rings is 1. The number of aromatic nitrogens is 1. The summed E-state index contributed by atoms with van der Waals surface area (Å²) in [5, 5.41) is 3.30. The smallest absolute Gasteiger partial charge is 0.346 e. The SMILES string of the molecule is COc1c(N2CCNC(C)C2)c(F)cc2c(=O)c(C(=O)OCOC(=O)C3CCCN3C(=O)CCCOC(=O)C(C)c3ccc(-c4ccccc4)c(F)c3)cn(C3CC3)c12. The molecule has 3 heterocycles. The second-order valence-corrected chi connectivity index (χ2v) is 15.3. The first kappa shape index (κ1) is 41.3. The van der Waals surface area contributed by atoms with E-state index in [4.69, 9.17) is 18.9 Å². The van der Waals surface area contributed by atoms with E-state index in [2.05, 4.69) is 5.32 Å². The molecule has 1 aliphatic carbocycles. The van der Waals surface area contributed by atoms with Gasteiger partial charge in [-0.3, -0.25) is 14.4 Å². The van der Waals surface area contributed by atoms with Gasteiger partial charge in [-0.1, -0.05) is 42.5 Å². The maximum atomic E-state index is 15.8. The molecule has 0 spiro atoms. The van der Waals surface area contributed by atoms with Gasteiger partial charge in [0.2, 0.25) is 18.1 Å². The number of halogens is 2. The fraction of sp³-hybridized carbons (Fsp3) is 0.432. The van der Waals surface area contributed by atoms with Crippen molar-refractivity contribution in [2.24, 2.45) is 0 Å². The molecule has 0 bridgehead atoms. The number of nitrogens with one attached hydrogen (secondary N) is 1. The molecule has 3 fully saturated rings. The van der Waals surface area contributed by atoms with Crippen molar-refractivity contribution < 1.29 is 46.9 Å². The van der Waals surface area contributed by atoms with Crippen LogP contribution in [0.3, 0.4) is 0 Å². The molecule has 2 saturated heterocycles. The summed E-state index contributed by atoms with van der Waals surface area (Å²) in [5.74, 6) is -4.32. The van der Waals surface area contributed by atoms with Crippen LogP contribution in [0, 0.1) is 11.6 Å². The number of benzene rings is 3. The number of anilines is 1. The number of pyridine rings is 1. The van der Waals surface area contributed by atoms with Crippen molar-refractivity contribution in [3.63, 3.8) is 0 Å². The summed E-state index contributed by atoms with van der Waals surface area (Å²) in [5.41, 5.74) is 1.18. The van der Waals surface area contributed by atoms with E-state index in [0.29, 0.717) is 55.7 Å². The minimum atomic E-state index is -1.05. The third kappa shape index (κ3) is 8.94. The zero-order valence-corrected chi connectivity index (χ0v) is 33.3. The van der Waals surface area contributed by atoms with Crippen LogP contribution >= 0.6 is 0 Å². The van der Waals surface area contributed by atoms with E-state index in [1.807, 2.05) is 30.0 Å². The monoisotopic (exact) mass is 814 g/mol. The summed E-state index contributed by atoms with van der Waals surface area (Å²) < 4.78 is 54.1. The Hall–Kier alpha value is -5.83. The molecule has 1 amide bonds. The molecule has 13 nitrogen and oxygen atoms in total. The highest BCUT2D eigenvalue weighted by atomic mass is 19.1. The Morgan fingerprint density at radius 1 is 0.949 bits per heavy atom. The molecule has 59 heavy (non-hydrogen) atoms. The van der Waals surface area contributed by atoms with Crippen molar-refractivity contribution in [3.8, 4) is 16.9 Å². The van der Waals surface area contributed by atoms with E-state index in [1.54, 1.807) is 35.8 Å². The highest BCUT2D eigenvalue weighted by Gasteiger charge is 2.36. The summed E-state index contributed by atoms with van der Waals surface area (Å²) in [7, 11) is 1.43. The van der Waals surface area contributed by atoms with Crippen LogP contribution in [-0.4, -0.2) is 92.1 Å². The third-order valence-electron chi connectivity index (χ3n) is 11.2. The number of hydrogen-bond donors (Lipinski definition) is 1. The fourth-order valence-corrected chi connectivity index (χ4v) is 7.93. The number of nitrogens with zero attached hydrogens (tertiary/aromatic N) is 3. The molecule has 7 rings (SSSR count). The minimum Gasteiger partial charge on any atom is -0.492 e. The van der Waals surface area contributed by atoms with Gasteiger partial charge in [0.25, 0.3) is 0 Å². The van der Waals surface area contributed by atoms with E-state index in [1.165, 1.54) is 24.3 Å². The van der Waals surface area contributed by atoms with Crippen molar-refractivity contribution in [3.05, 3.63) is 93.8 Å². The maximum Gasteiger partial charge on any atom is 0.346 e. The molecular formula is C44H48F2N4O9. The quantitative estimate of drug-likeness (QED) is 0.0928. The number of ether oxygens (including phenoxy) is 4. The molecule has 1 saturated carbocycles.